The topological polar surface area (TPSA) is 71.9 Å². The molecule has 1 aromatic carbocycles. The SMILES string of the molecule is O=C1Cn2c(cc3ccccc32)C(=O)N1CC(=O)N1CCOC2CCCCC21. The molecule has 3 heterocycles. The molecule has 0 radical (unpaired) electrons. The Bertz CT molecular complexity index is 964. The van der Waals surface area contributed by atoms with Gasteiger partial charge in [-0.2, -0.15) is 0 Å². The lowest BCUT2D eigenvalue weighted by Crippen LogP contribution is -2.58. The minimum atomic E-state index is -0.394. The molecule has 2 atom stereocenters. The van der Waals surface area contributed by atoms with E-state index in [9.17, 15) is 14.4 Å². The summed E-state index contributed by atoms with van der Waals surface area (Å²) in [5.74, 6) is -0.888. The standard InChI is InChI=1S/C21H23N3O4/c25-19(22-9-10-28-18-8-4-3-7-16(18)22)13-24-20(26)12-23-15-6-2-1-5-14(15)11-17(23)21(24)27/h1-2,5-6,11,16,18H,3-4,7-10,12-13H2. The molecule has 1 saturated carbocycles. The Balaban J connectivity index is 1.38. The van der Waals surface area contributed by atoms with E-state index >= 15 is 0 Å². The van der Waals surface area contributed by atoms with Gasteiger partial charge in [-0.25, -0.2) is 0 Å². The van der Waals surface area contributed by atoms with Crippen molar-refractivity contribution in [2.75, 3.05) is 19.7 Å². The van der Waals surface area contributed by atoms with Crippen LogP contribution >= 0.6 is 0 Å². The van der Waals surface area contributed by atoms with E-state index < -0.39 is 5.91 Å². The van der Waals surface area contributed by atoms with Crippen molar-refractivity contribution in [3.63, 3.8) is 0 Å². The third kappa shape index (κ3) is 2.73. The number of aromatic nitrogens is 1. The quantitative estimate of drug-likeness (QED) is 0.744. The largest absolute Gasteiger partial charge is 0.374 e. The van der Waals surface area contributed by atoms with Gasteiger partial charge in [-0.05, 0) is 25.0 Å². The summed E-state index contributed by atoms with van der Waals surface area (Å²) in [4.78, 5) is 41.6. The van der Waals surface area contributed by atoms with Crippen LogP contribution in [-0.4, -0.2) is 63.9 Å². The first-order valence-corrected chi connectivity index (χ1v) is 9.97. The summed E-state index contributed by atoms with van der Waals surface area (Å²) >= 11 is 0. The molecule has 0 bridgehead atoms. The minimum Gasteiger partial charge on any atom is -0.374 e. The Kier molecular flexibility index (Phi) is 4.19. The number of rotatable bonds is 2. The van der Waals surface area contributed by atoms with Crippen LogP contribution in [0.25, 0.3) is 10.9 Å². The monoisotopic (exact) mass is 381 g/mol. The van der Waals surface area contributed by atoms with Crippen LogP contribution in [0, 0.1) is 0 Å². The molecule has 2 aliphatic heterocycles. The Morgan fingerprint density at radius 3 is 2.86 bits per heavy atom. The van der Waals surface area contributed by atoms with Gasteiger partial charge < -0.3 is 14.2 Å². The minimum absolute atomic E-state index is 0.0662. The van der Waals surface area contributed by atoms with Crippen LogP contribution in [0.3, 0.4) is 0 Å². The van der Waals surface area contributed by atoms with Crippen molar-refractivity contribution in [3.05, 3.63) is 36.0 Å². The van der Waals surface area contributed by atoms with E-state index in [1.165, 1.54) is 0 Å². The predicted molar refractivity (Wildman–Crippen MR) is 102 cm³/mol. The number of carbonyl (C=O) groups excluding carboxylic acids is 3. The van der Waals surface area contributed by atoms with Crippen molar-refractivity contribution in [1.29, 1.82) is 0 Å². The fourth-order valence-corrected chi connectivity index (χ4v) is 4.82. The van der Waals surface area contributed by atoms with Crippen molar-refractivity contribution in [2.45, 2.75) is 44.4 Å². The maximum Gasteiger partial charge on any atom is 0.277 e. The highest BCUT2D eigenvalue weighted by Gasteiger charge is 2.39. The molecule has 2 aromatic rings. The van der Waals surface area contributed by atoms with E-state index in [0.29, 0.717) is 18.8 Å². The van der Waals surface area contributed by atoms with E-state index in [2.05, 4.69) is 0 Å². The van der Waals surface area contributed by atoms with Crippen LogP contribution in [0.4, 0.5) is 0 Å². The number of hydrogen-bond acceptors (Lipinski definition) is 4. The van der Waals surface area contributed by atoms with Gasteiger partial charge in [0, 0.05) is 17.4 Å². The zero-order chi connectivity index (χ0) is 19.3. The van der Waals surface area contributed by atoms with Gasteiger partial charge in [0.2, 0.25) is 11.8 Å². The number of hydrogen-bond donors (Lipinski definition) is 0. The summed E-state index contributed by atoms with van der Waals surface area (Å²) in [6.45, 7) is 0.930. The molecule has 28 heavy (non-hydrogen) atoms. The fraction of sp³-hybridized carbons (Fsp3) is 0.476. The van der Waals surface area contributed by atoms with Gasteiger partial charge in [0.05, 0.1) is 18.8 Å². The molecule has 2 unspecified atom stereocenters. The molecule has 0 N–H and O–H groups in total. The summed E-state index contributed by atoms with van der Waals surface area (Å²) in [5.41, 5.74) is 1.33. The third-order valence-electron chi connectivity index (χ3n) is 6.22. The molecule has 3 amide bonds. The number of ether oxygens (including phenoxy) is 1. The third-order valence-corrected chi connectivity index (χ3v) is 6.22. The number of carbonyl (C=O) groups is 3. The Morgan fingerprint density at radius 1 is 1.14 bits per heavy atom. The van der Waals surface area contributed by atoms with Gasteiger partial charge in [-0.1, -0.05) is 31.0 Å². The number of nitrogens with zero attached hydrogens (tertiary/aromatic N) is 3. The highest BCUT2D eigenvalue weighted by Crippen LogP contribution is 2.29. The Hall–Kier alpha value is -2.67. The highest BCUT2D eigenvalue weighted by atomic mass is 16.5. The summed E-state index contributed by atoms with van der Waals surface area (Å²) in [6.07, 6.45) is 4.18. The van der Waals surface area contributed by atoms with E-state index in [-0.39, 0.29) is 37.0 Å². The predicted octanol–water partition coefficient (Wildman–Crippen LogP) is 1.79. The average molecular weight is 381 g/mol. The molecule has 3 aliphatic rings. The maximum absolute atomic E-state index is 13.0. The molecule has 7 heteroatoms. The number of amides is 3. The zero-order valence-corrected chi connectivity index (χ0v) is 15.7. The van der Waals surface area contributed by atoms with Crippen molar-refractivity contribution in [3.8, 4) is 0 Å². The molecular weight excluding hydrogens is 358 g/mol. The molecule has 1 saturated heterocycles. The van der Waals surface area contributed by atoms with Crippen LogP contribution in [-0.2, 0) is 20.9 Å². The number of benzene rings is 1. The van der Waals surface area contributed by atoms with Gasteiger partial charge in [-0.15, -0.1) is 0 Å². The van der Waals surface area contributed by atoms with E-state index in [1.807, 2.05) is 29.2 Å². The van der Waals surface area contributed by atoms with E-state index in [0.717, 1.165) is 41.5 Å². The second kappa shape index (κ2) is 6.74. The van der Waals surface area contributed by atoms with E-state index in [4.69, 9.17) is 4.74 Å². The average Bonchev–Trinajstić information content (AvgIpc) is 3.09. The zero-order valence-electron chi connectivity index (χ0n) is 15.7. The van der Waals surface area contributed by atoms with Crippen molar-refractivity contribution in [1.82, 2.24) is 14.4 Å². The summed E-state index contributed by atoms with van der Waals surface area (Å²) < 4.78 is 7.57. The van der Waals surface area contributed by atoms with Crippen LogP contribution in [0.1, 0.15) is 36.2 Å². The van der Waals surface area contributed by atoms with Gasteiger partial charge >= 0.3 is 0 Å². The lowest BCUT2D eigenvalue weighted by atomic mass is 9.90. The number of para-hydroxylation sites is 1. The summed E-state index contributed by atoms with van der Waals surface area (Å²) in [5, 5.41) is 0.921. The van der Waals surface area contributed by atoms with Crippen LogP contribution in [0.15, 0.2) is 30.3 Å². The van der Waals surface area contributed by atoms with Gasteiger partial charge in [0.1, 0.15) is 18.8 Å². The van der Waals surface area contributed by atoms with Crippen LogP contribution in [0.2, 0.25) is 0 Å². The second-order valence-corrected chi connectivity index (χ2v) is 7.81. The van der Waals surface area contributed by atoms with E-state index in [1.54, 1.807) is 10.6 Å². The van der Waals surface area contributed by atoms with Gasteiger partial charge in [0.25, 0.3) is 5.91 Å². The number of imide groups is 1. The maximum atomic E-state index is 13.0. The first kappa shape index (κ1) is 17.4. The number of morpholine rings is 1. The van der Waals surface area contributed by atoms with Crippen molar-refractivity contribution >= 4 is 28.6 Å². The molecule has 5 rings (SSSR count). The van der Waals surface area contributed by atoms with Gasteiger partial charge in [0.15, 0.2) is 0 Å². The van der Waals surface area contributed by atoms with Crippen LogP contribution in [0.5, 0.6) is 0 Å². The lowest BCUT2D eigenvalue weighted by Gasteiger charge is -2.44. The number of fused-ring (bicyclic) bond motifs is 4. The first-order chi connectivity index (χ1) is 13.6. The van der Waals surface area contributed by atoms with Crippen LogP contribution < -0.4 is 0 Å². The molecule has 1 aliphatic carbocycles. The molecule has 7 nitrogen and oxygen atoms in total. The normalized spacial score (nSPS) is 25.0. The molecule has 146 valence electrons. The molecule has 2 fully saturated rings. The fourth-order valence-electron chi connectivity index (χ4n) is 4.82. The molecule has 1 aromatic heterocycles. The first-order valence-electron chi connectivity index (χ1n) is 9.97. The summed E-state index contributed by atoms with van der Waals surface area (Å²) in [6, 6.07) is 9.48. The van der Waals surface area contributed by atoms with Gasteiger partial charge in [-0.3, -0.25) is 19.3 Å². The Morgan fingerprint density at radius 2 is 1.96 bits per heavy atom. The lowest BCUT2D eigenvalue weighted by molar-refractivity contribution is -0.152. The van der Waals surface area contributed by atoms with Crippen molar-refractivity contribution in [2.24, 2.45) is 0 Å². The summed E-state index contributed by atoms with van der Waals surface area (Å²) in [7, 11) is 0. The smallest absolute Gasteiger partial charge is 0.277 e. The van der Waals surface area contributed by atoms with Crippen molar-refractivity contribution < 1.29 is 19.1 Å². The molecule has 0 spiro atoms. The highest BCUT2D eigenvalue weighted by molar-refractivity contribution is 6.11. The Labute approximate surface area is 162 Å². The molecular formula is C21H23N3O4. The second-order valence-electron chi connectivity index (χ2n) is 7.81.